The third kappa shape index (κ3) is 2.37. The van der Waals surface area contributed by atoms with Crippen LogP contribution in [0.5, 0.6) is 0 Å². The van der Waals surface area contributed by atoms with Crippen molar-refractivity contribution in [3.05, 3.63) is 33.0 Å². The lowest BCUT2D eigenvalue weighted by Crippen LogP contribution is -2.30. The first kappa shape index (κ1) is 14.3. The van der Waals surface area contributed by atoms with Crippen LogP contribution in [0.4, 0.5) is 0 Å². The Labute approximate surface area is 128 Å². The van der Waals surface area contributed by atoms with Gasteiger partial charge in [0.15, 0.2) is 10.6 Å². The minimum Gasteiger partial charge on any atom is -0.308 e. The highest BCUT2D eigenvalue weighted by Gasteiger charge is 2.31. The normalized spacial score (nSPS) is 15.4. The van der Waals surface area contributed by atoms with Gasteiger partial charge in [0.05, 0.1) is 5.56 Å². The third-order valence-electron chi connectivity index (χ3n) is 3.92. The van der Waals surface area contributed by atoms with Gasteiger partial charge in [0.2, 0.25) is 0 Å². The zero-order chi connectivity index (χ0) is 15.4. The summed E-state index contributed by atoms with van der Waals surface area (Å²) in [5, 5.41) is 6.93. The van der Waals surface area contributed by atoms with E-state index in [0.29, 0.717) is 22.2 Å². The average molecular weight is 304 g/mol. The molecular formula is C15H20N4OS. The van der Waals surface area contributed by atoms with Crippen LogP contribution in [0, 0.1) is 4.77 Å². The molecule has 1 aliphatic rings. The molecule has 0 aliphatic heterocycles. The van der Waals surface area contributed by atoms with E-state index in [1.807, 2.05) is 23.7 Å². The minimum absolute atomic E-state index is 0.0297. The topological polar surface area (TPSA) is 55.6 Å². The molecule has 0 atom stereocenters. The van der Waals surface area contributed by atoms with Gasteiger partial charge in [0, 0.05) is 24.2 Å². The smallest absolute Gasteiger partial charge is 0.262 e. The quantitative estimate of drug-likeness (QED) is 0.868. The van der Waals surface area contributed by atoms with Crippen molar-refractivity contribution in [2.45, 2.75) is 45.1 Å². The maximum absolute atomic E-state index is 12.9. The van der Waals surface area contributed by atoms with Gasteiger partial charge in [0.1, 0.15) is 0 Å². The summed E-state index contributed by atoms with van der Waals surface area (Å²) in [6, 6.07) is 4.25. The van der Waals surface area contributed by atoms with Gasteiger partial charge in [0.25, 0.3) is 5.56 Å². The molecule has 2 heterocycles. The van der Waals surface area contributed by atoms with Crippen molar-refractivity contribution in [3.63, 3.8) is 0 Å². The molecule has 6 heteroatoms. The van der Waals surface area contributed by atoms with Gasteiger partial charge in [-0.1, -0.05) is 20.8 Å². The average Bonchev–Trinajstić information content (AvgIpc) is 3.17. The number of aromatic nitrogens is 4. The Kier molecular flexibility index (Phi) is 3.16. The third-order valence-corrected chi connectivity index (χ3v) is 4.28. The zero-order valence-electron chi connectivity index (χ0n) is 12.8. The molecule has 112 valence electrons. The van der Waals surface area contributed by atoms with Crippen molar-refractivity contribution in [1.29, 1.82) is 0 Å². The van der Waals surface area contributed by atoms with Gasteiger partial charge in [-0.05, 0) is 37.2 Å². The molecule has 0 unspecified atom stereocenters. The first-order valence-corrected chi connectivity index (χ1v) is 7.59. The molecule has 0 amide bonds. The van der Waals surface area contributed by atoms with E-state index in [-0.39, 0.29) is 11.0 Å². The summed E-state index contributed by atoms with van der Waals surface area (Å²) in [6.45, 7) is 6.41. The number of aromatic amines is 1. The Hall–Kier alpha value is -1.69. The largest absolute Gasteiger partial charge is 0.308 e. The minimum atomic E-state index is -0.0583. The molecule has 1 fully saturated rings. The van der Waals surface area contributed by atoms with E-state index in [4.69, 9.17) is 12.2 Å². The first-order valence-electron chi connectivity index (χ1n) is 7.18. The summed E-state index contributed by atoms with van der Waals surface area (Å²) in [5.74, 6) is 0.597. The number of rotatable bonds is 2. The number of nitrogens with zero attached hydrogens (tertiary/aromatic N) is 3. The number of H-pyrrole nitrogens is 1. The maximum Gasteiger partial charge on any atom is 0.262 e. The highest BCUT2D eigenvalue weighted by molar-refractivity contribution is 7.71. The fraction of sp³-hybridized carbons (Fsp3) is 0.533. The Bertz CT molecular complexity index is 802. The van der Waals surface area contributed by atoms with E-state index in [2.05, 4.69) is 31.0 Å². The van der Waals surface area contributed by atoms with Crippen molar-refractivity contribution in [2.24, 2.45) is 7.05 Å². The van der Waals surface area contributed by atoms with Gasteiger partial charge in [-0.15, -0.1) is 0 Å². The lowest BCUT2D eigenvalue weighted by Gasteiger charge is -2.24. The van der Waals surface area contributed by atoms with Crippen LogP contribution in [0.3, 0.4) is 0 Å². The van der Waals surface area contributed by atoms with E-state index < -0.39 is 0 Å². The van der Waals surface area contributed by atoms with Gasteiger partial charge in [-0.25, -0.2) is 0 Å². The predicted molar refractivity (Wildman–Crippen MR) is 85.1 cm³/mol. The highest BCUT2D eigenvalue weighted by Crippen LogP contribution is 2.37. The SMILES string of the molecule is Cn1c(-c2ccc(C(C)(C)C)n(C3CC3)c2=O)n[nH]c1=S. The predicted octanol–water partition coefficient (Wildman–Crippen LogP) is 2.94. The van der Waals surface area contributed by atoms with Crippen LogP contribution in [-0.2, 0) is 12.5 Å². The van der Waals surface area contributed by atoms with Crippen molar-refractivity contribution >= 4 is 12.2 Å². The molecule has 2 aromatic rings. The second-order valence-electron chi connectivity index (χ2n) is 6.70. The fourth-order valence-electron chi connectivity index (χ4n) is 2.62. The Balaban J connectivity index is 2.26. The van der Waals surface area contributed by atoms with Crippen molar-refractivity contribution in [3.8, 4) is 11.4 Å². The molecule has 1 aliphatic carbocycles. The molecule has 0 bridgehead atoms. The van der Waals surface area contributed by atoms with E-state index in [0.717, 1.165) is 18.5 Å². The fourth-order valence-corrected chi connectivity index (χ4v) is 2.75. The monoisotopic (exact) mass is 304 g/mol. The molecule has 0 saturated heterocycles. The zero-order valence-corrected chi connectivity index (χ0v) is 13.6. The summed E-state index contributed by atoms with van der Waals surface area (Å²) in [7, 11) is 1.82. The molecule has 2 aromatic heterocycles. The van der Waals surface area contributed by atoms with Crippen LogP contribution in [0.1, 0.15) is 45.3 Å². The number of hydrogen-bond acceptors (Lipinski definition) is 3. The first-order chi connectivity index (χ1) is 9.80. The summed E-state index contributed by atoms with van der Waals surface area (Å²) in [6.07, 6.45) is 2.15. The van der Waals surface area contributed by atoms with Gasteiger partial charge in [-0.2, -0.15) is 5.10 Å². The van der Waals surface area contributed by atoms with E-state index in [9.17, 15) is 4.79 Å². The van der Waals surface area contributed by atoms with Crippen LogP contribution >= 0.6 is 12.2 Å². The van der Waals surface area contributed by atoms with E-state index in [1.54, 1.807) is 4.57 Å². The molecule has 0 aromatic carbocycles. The highest BCUT2D eigenvalue weighted by atomic mass is 32.1. The van der Waals surface area contributed by atoms with E-state index >= 15 is 0 Å². The molecular weight excluding hydrogens is 284 g/mol. The molecule has 1 saturated carbocycles. The van der Waals surface area contributed by atoms with Gasteiger partial charge >= 0.3 is 0 Å². The summed E-state index contributed by atoms with van der Waals surface area (Å²) in [4.78, 5) is 12.9. The molecule has 0 spiro atoms. The Morgan fingerprint density at radius 2 is 2.00 bits per heavy atom. The van der Waals surface area contributed by atoms with Crippen molar-refractivity contribution in [1.82, 2.24) is 19.3 Å². The second-order valence-corrected chi connectivity index (χ2v) is 7.09. The standard InChI is InChI=1S/C15H20N4OS/c1-15(2,3)11-8-7-10(12-16-17-14(21)18(12)4)13(20)19(11)9-5-6-9/h7-9H,5-6H2,1-4H3,(H,17,21). The molecule has 0 radical (unpaired) electrons. The van der Waals surface area contributed by atoms with Crippen LogP contribution in [-0.4, -0.2) is 19.3 Å². The lowest BCUT2D eigenvalue weighted by molar-refractivity contribution is 0.506. The molecule has 3 rings (SSSR count). The van der Waals surface area contributed by atoms with Gasteiger partial charge < -0.3 is 9.13 Å². The Morgan fingerprint density at radius 3 is 2.48 bits per heavy atom. The molecule has 21 heavy (non-hydrogen) atoms. The molecule has 5 nitrogen and oxygen atoms in total. The van der Waals surface area contributed by atoms with Crippen molar-refractivity contribution < 1.29 is 0 Å². The molecule has 1 N–H and O–H groups in total. The van der Waals surface area contributed by atoms with E-state index in [1.165, 1.54) is 0 Å². The number of hydrogen-bond donors (Lipinski definition) is 1. The maximum atomic E-state index is 12.9. The summed E-state index contributed by atoms with van der Waals surface area (Å²) >= 11 is 5.14. The van der Waals surface area contributed by atoms with Gasteiger partial charge in [-0.3, -0.25) is 9.89 Å². The lowest BCUT2D eigenvalue weighted by atomic mass is 9.90. The summed E-state index contributed by atoms with van der Waals surface area (Å²) < 4.78 is 4.20. The number of pyridine rings is 1. The second kappa shape index (κ2) is 4.66. The van der Waals surface area contributed by atoms with Crippen LogP contribution < -0.4 is 5.56 Å². The Morgan fingerprint density at radius 1 is 1.33 bits per heavy atom. The van der Waals surface area contributed by atoms with Crippen LogP contribution in [0.2, 0.25) is 0 Å². The number of nitrogens with one attached hydrogen (secondary N) is 1. The van der Waals surface area contributed by atoms with Crippen LogP contribution in [0.15, 0.2) is 16.9 Å². The summed E-state index contributed by atoms with van der Waals surface area (Å²) in [5.41, 5.74) is 1.65. The van der Waals surface area contributed by atoms with Crippen molar-refractivity contribution in [2.75, 3.05) is 0 Å². The van der Waals surface area contributed by atoms with Crippen LogP contribution in [0.25, 0.3) is 11.4 Å².